The van der Waals surface area contributed by atoms with Crippen LogP contribution in [0.1, 0.15) is 16.7 Å². The number of methoxy groups -OCH3 is 1. The zero-order valence-electron chi connectivity index (χ0n) is 15.2. The number of rotatable bonds is 5. The predicted molar refractivity (Wildman–Crippen MR) is 112 cm³/mol. The molecule has 0 radical (unpaired) electrons. The van der Waals surface area contributed by atoms with Crippen LogP contribution in [0.2, 0.25) is 5.02 Å². The fourth-order valence-corrected chi connectivity index (χ4v) is 3.28. The molecule has 28 heavy (non-hydrogen) atoms. The molecule has 1 heterocycles. The van der Waals surface area contributed by atoms with E-state index in [-0.39, 0.29) is 5.91 Å². The summed E-state index contributed by atoms with van der Waals surface area (Å²) < 4.78 is 11.4. The minimum atomic E-state index is -0.152. The lowest BCUT2D eigenvalue weighted by molar-refractivity contribution is -0.110. The van der Waals surface area contributed by atoms with Crippen molar-refractivity contribution in [3.05, 3.63) is 88.4 Å². The SMILES string of the molecule is COc1cc(/C=C2\C(=O)Nc3cc(Cl)ccc32)ccc1OCc1ccccc1. The van der Waals surface area contributed by atoms with Crippen LogP contribution in [0.3, 0.4) is 0 Å². The highest BCUT2D eigenvalue weighted by atomic mass is 35.5. The van der Waals surface area contributed by atoms with Gasteiger partial charge < -0.3 is 14.8 Å². The minimum absolute atomic E-state index is 0.152. The molecule has 0 aliphatic carbocycles. The third-order valence-corrected chi connectivity index (χ3v) is 4.74. The number of halogens is 1. The monoisotopic (exact) mass is 391 g/mol. The first-order chi connectivity index (χ1) is 13.6. The highest BCUT2D eigenvalue weighted by molar-refractivity contribution is 6.36. The van der Waals surface area contributed by atoms with Crippen LogP contribution in [-0.2, 0) is 11.4 Å². The van der Waals surface area contributed by atoms with Gasteiger partial charge in [-0.2, -0.15) is 0 Å². The van der Waals surface area contributed by atoms with E-state index >= 15 is 0 Å². The number of nitrogens with one attached hydrogen (secondary N) is 1. The Morgan fingerprint density at radius 2 is 1.82 bits per heavy atom. The van der Waals surface area contributed by atoms with Crippen molar-refractivity contribution in [3.63, 3.8) is 0 Å². The van der Waals surface area contributed by atoms with Gasteiger partial charge in [0, 0.05) is 16.2 Å². The smallest absolute Gasteiger partial charge is 0.256 e. The molecular formula is C23H18ClNO3. The molecule has 4 nitrogen and oxygen atoms in total. The summed E-state index contributed by atoms with van der Waals surface area (Å²) in [5, 5.41) is 3.42. The standard InChI is InChI=1S/C23H18ClNO3/c1-27-22-12-16(7-10-21(22)28-14-15-5-3-2-4-6-15)11-19-18-9-8-17(24)13-20(18)25-23(19)26/h2-13H,14H2,1H3,(H,25,26)/b19-11-. The number of carbonyl (C=O) groups excluding carboxylic acids is 1. The zero-order valence-corrected chi connectivity index (χ0v) is 16.0. The topological polar surface area (TPSA) is 47.6 Å². The third kappa shape index (κ3) is 3.73. The summed E-state index contributed by atoms with van der Waals surface area (Å²) in [7, 11) is 1.60. The van der Waals surface area contributed by atoms with E-state index < -0.39 is 0 Å². The molecule has 5 heteroatoms. The molecule has 1 amide bonds. The van der Waals surface area contributed by atoms with Crippen LogP contribution in [0.25, 0.3) is 11.6 Å². The Bertz CT molecular complexity index is 1060. The largest absolute Gasteiger partial charge is 0.493 e. The van der Waals surface area contributed by atoms with Gasteiger partial charge in [0.2, 0.25) is 0 Å². The normalized spacial score (nSPS) is 13.9. The number of ether oxygens (including phenoxy) is 2. The second-order valence-electron chi connectivity index (χ2n) is 6.39. The summed E-state index contributed by atoms with van der Waals surface area (Å²) in [6, 6.07) is 20.9. The number of fused-ring (bicyclic) bond motifs is 1. The summed E-state index contributed by atoms with van der Waals surface area (Å²) in [6.07, 6.45) is 1.83. The highest BCUT2D eigenvalue weighted by Crippen LogP contribution is 2.36. The van der Waals surface area contributed by atoms with Crippen LogP contribution in [-0.4, -0.2) is 13.0 Å². The fourth-order valence-electron chi connectivity index (χ4n) is 3.11. The number of anilines is 1. The van der Waals surface area contributed by atoms with Crippen molar-refractivity contribution in [1.29, 1.82) is 0 Å². The summed E-state index contributed by atoms with van der Waals surface area (Å²) in [4.78, 5) is 12.3. The molecule has 0 saturated carbocycles. The molecule has 0 bridgehead atoms. The molecule has 0 atom stereocenters. The third-order valence-electron chi connectivity index (χ3n) is 4.50. The first kappa shape index (κ1) is 18.1. The van der Waals surface area contributed by atoms with Gasteiger partial charge in [-0.15, -0.1) is 0 Å². The fraction of sp³-hybridized carbons (Fsp3) is 0.0870. The van der Waals surface area contributed by atoms with Gasteiger partial charge in [0.05, 0.1) is 12.8 Å². The average Bonchev–Trinajstić information content (AvgIpc) is 3.01. The van der Waals surface area contributed by atoms with Gasteiger partial charge >= 0.3 is 0 Å². The molecule has 1 aliphatic heterocycles. The maximum Gasteiger partial charge on any atom is 0.256 e. The number of hydrogen-bond acceptors (Lipinski definition) is 3. The zero-order chi connectivity index (χ0) is 19.5. The van der Waals surface area contributed by atoms with E-state index in [4.69, 9.17) is 21.1 Å². The van der Waals surface area contributed by atoms with Crippen molar-refractivity contribution >= 4 is 34.8 Å². The molecule has 0 saturated heterocycles. The molecule has 1 aliphatic rings. The van der Waals surface area contributed by atoms with Crippen LogP contribution in [0, 0.1) is 0 Å². The van der Waals surface area contributed by atoms with E-state index in [2.05, 4.69) is 5.32 Å². The van der Waals surface area contributed by atoms with Crippen LogP contribution in [0.5, 0.6) is 11.5 Å². The molecule has 4 rings (SSSR count). The summed E-state index contributed by atoms with van der Waals surface area (Å²) >= 11 is 6.01. The molecule has 1 N–H and O–H groups in total. The van der Waals surface area contributed by atoms with E-state index in [0.29, 0.717) is 28.7 Å². The van der Waals surface area contributed by atoms with Crippen molar-refractivity contribution in [1.82, 2.24) is 0 Å². The van der Waals surface area contributed by atoms with Crippen molar-refractivity contribution in [2.45, 2.75) is 6.61 Å². The molecule has 3 aromatic carbocycles. The Morgan fingerprint density at radius 3 is 2.61 bits per heavy atom. The molecule has 0 aromatic heterocycles. The average molecular weight is 392 g/mol. The lowest BCUT2D eigenvalue weighted by atomic mass is 10.0. The number of amides is 1. The Hall–Kier alpha value is -3.24. The van der Waals surface area contributed by atoms with Crippen molar-refractivity contribution in [2.24, 2.45) is 0 Å². The number of carbonyl (C=O) groups is 1. The van der Waals surface area contributed by atoms with Crippen molar-refractivity contribution in [3.8, 4) is 11.5 Å². The van der Waals surface area contributed by atoms with Gasteiger partial charge in [0.15, 0.2) is 11.5 Å². The van der Waals surface area contributed by atoms with Crippen LogP contribution < -0.4 is 14.8 Å². The van der Waals surface area contributed by atoms with Gasteiger partial charge in [0.1, 0.15) is 6.61 Å². The summed E-state index contributed by atoms with van der Waals surface area (Å²) in [5.74, 6) is 1.11. The Balaban J connectivity index is 1.60. The lowest BCUT2D eigenvalue weighted by Crippen LogP contribution is -2.03. The summed E-state index contributed by atoms with van der Waals surface area (Å²) in [6.45, 7) is 0.453. The van der Waals surface area contributed by atoms with Crippen LogP contribution >= 0.6 is 11.6 Å². The quantitative estimate of drug-likeness (QED) is 0.591. The van der Waals surface area contributed by atoms with E-state index in [9.17, 15) is 4.79 Å². The first-order valence-corrected chi connectivity index (χ1v) is 9.19. The van der Waals surface area contributed by atoms with Crippen molar-refractivity contribution < 1.29 is 14.3 Å². The number of hydrogen-bond donors (Lipinski definition) is 1. The Labute approximate surface area is 168 Å². The van der Waals surface area contributed by atoms with E-state index in [1.165, 1.54) is 0 Å². The molecule has 0 spiro atoms. The van der Waals surface area contributed by atoms with Gasteiger partial charge in [-0.05, 0) is 41.5 Å². The maximum absolute atomic E-state index is 12.3. The van der Waals surface area contributed by atoms with Gasteiger partial charge in [-0.3, -0.25) is 4.79 Å². The highest BCUT2D eigenvalue weighted by Gasteiger charge is 2.24. The van der Waals surface area contributed by atoms with E-state index in [1.54, 1.807) is 19.2 Å². The maximum atomic E-state index is 12.3. The second kappa shape index (κ2) is 7.79. The Kier molecular flexibility index (Phi) is 5.04. The second-order valence-corrected chi connectivity index (χ2v) is 6.82. The predicted octanol–water partition coefficient (Wildman–Crippen LogP) is 5.42. The Morgan fingerprint density at radius 1 is 1.00 bits per heavy atom. The van der Waals surface area contributed by atoms with Gasteiger partial charge in [-0.1, -0.05) is 54.1 Å². The lowest BCUT2D eigenvalue weighted by Gasteiger charge is -2.11. The van der Waals surface area contributed by atoms with Gasteiger partial charge in [0.25, 0.3) is 5.91 Å². The van der Waals surface area contributed by atoms with Gasteiger partial charge in [-0.25, -0.2) is 0 Å². The molecule has 0 fully saturated rings. The van der Waals surface area contributed by atoms with Crippen LogP contribution in [0.4, 0.5) is 5.69 Å². The minimum Gasteiger partial charge on any atom is -0.493 e. The van der Waals surface area contributed by atoms with E-state index in [0.717, 1.165) is 22.4 Å². The molecule has 0 unspecified atom stereocenters. The van der Waals surface area contributed by atoms with E-state index in [1.807, 2.05) is 60.7 Å². The molecule has 140 valence electrons. The van der Waals surface area contributed by atoms with Crippen molar-refractivity contribution in [2.75, 3.05) is 12.4 Å². The first-order valence-electron chi connectivity index (χ1n) is 8.82. The number of benzene rings is 3. The van der Waals surface area contributed by atoms with Crippen LogP contribution in [0.15, 0.2) is 66.7 Å². The molecular weight excluding hydrogens is 374 g/mol. The molecule has 3 aromatic rings. The summed E-state index contributed by atoms with van der Waals surface area (Å²) in [5.41, 5.74) is 4.06.